The van der Waals surface area contributed by atoms with E-state index < -0.39 is 5.92 Å². The minimum Gasteiger partial charge on any atom is -0.464 e. The second-order valence-corrected chi connectivity index (χ2v) is 5.71. The van der Waals surface area contributed by atoms with Crippen LogP contribution in [0.15, 0.2) is 64.3 Å². The van der Waals surface area contributed by atoms with Gasteiger partial charge in [0.2, 0.25) is 5.91 Å². The fraction of sp³-hybridized carbons (Fsp3) is 0.105. The standard InChI is InChI=1S/C19H15N3O3/c23-11-12-3-1-4-14(7-12)20-10-16-15-8-13(17-5-2-6-25-17)9-21-18(15)22-19(16)24/h1-10,16,23H,11H2,(H,21,22,24). The molecule has 0 saturated heterocycles. The number of carbonyl (C=O) groups is 1. The highest BCUT2D eigenvalue weighted by Crippen LogP contribution is 2.33. The summed E-state index contributed by atoms with van der Waals surface area (Å²) in [6.45, 7) is -0.0491. The van der Waals surface area contributed by atoms with Crippen LogP contribution in [0, 0.1) is 0 Å². The number of amides is 1. The molecule has 0 spiro atoms. The number of aliphatic hydroxyl groups excluding tert-OH is 1. The van der Waals surface area contributed by atoms with Gasteiger partial charge in [0.25, 0.3) is 0 Å². The van der Waals surface area contributed by atoms with Gasteiger partial charge in [-0.25, -0.2) is 4.98 Å². The minimum atomic E-state index is -0.518. The maximum Gasteiger partial charge on any atom is 0.238 e. The van der Waals surface area contributed by atoms with Gasteiger partial charge in [0, 0.05) is 23.5 Å². The molecule has 2 N–H and O–H groups in total. The molecule has 1 atom stereocenters. The second-order valence-electron chi connectivity index (χ2n) is 5.71. The largest absolute Gasteiger partial charge is 0.464 e. The average Bonchev–Trinajstić information content (AvgIpc) is 3.27. The van der Waals surface area contributed by atoms with E-state index in [9.17, 15) is 9.90 Å². The summed E-state index contributed by atoms with van der Waals surface area (Å²) in [6.07, 6.45) is 4.87. The molecular formula is C19H15N3O3. The minimum absolute atomic E-state index is 0.0491. The number of nitrogens with zero attached hydrogens (tertiary/aromatic N) is 2. The molecule has 0 fully saturated rings. The molecular weight excluding hydrogens is 318 g/mol. The van der Waals surface area contributed by atoms with Crippen molar-refractivity contribution in [3.63, 3.8) is 0 Å². The molecule has 0 radical (unpaired) electrons. The Morgan fingerprint density at radius 2 is 2.20 bits per heavy atom. The summed E-state index contributed by atoms with van der Waals surface area (Å²) >= 11 is 0. The number of aliphatic hydroxyl groups is 1. The number of benzene rings is 1. The Balaban J connectivity index is 1.66. The van der Waals surface area contributed by atoms with Crippen LogP contribution in [-0.2, 0) is 11.4 Å². The molecule has 6 nitrogen and oxygen atoms in total. The predicted octanol–water partition coefficient (Wildman–Crippen LogP) is 3.27. The van der Waals surface area contributed by atoms with Crippen LogP contribution in [0.2, 0.25) is 0 Å². The van der Waals surface area contributed by atoms with Crippen LogP contribution in [0.1, 0.15) is 17.0 Å². The van der Waals surface area contributed by atoms with E-state index >= 15 is 0 Å². The van der Waals surface area contributed by atoms with Gasteiger partial charge in [-0.3, -0.25) is 9.79 Å². The summed E-state index contributed by atoms with van der Waals surface area (Å²) in [6, 6.07) is 12.8. The van der Waals surface area contributed by atoms with Crippen molar-refractivity contribution in [1.29, 1.82) is 0 Å². The molecule has 25 heavy (non-hydrogen) atoms. The van der Waals surface area contributed by atoms with Crippen LogP contribution in [0.25, 0.3) is 11.3 Å². The third kappa shape index (κ3) is 2.95. The zero-order chi connectivity index (χ0) is 17.2. The van der Waals surface area contributed by atoms with E-state index in [1.165, 1.54) is 0 Å². The first-order valence-electron chi connectivity index (χ1n) is 7.83. The van der Waals surface area contributed by atoms with Gasteiger partial charge in [-0.05, 0) is 35.9 Å². The van der Waals surface area contributed by atoms with Crippen molar-refractivity contribution in [3.05, 3.63) is 66.1 Å². The summed E-state index contributed by atoms with van der Waals surface area (Å²) in [5, 5.41) is 12.0. The normalized spacial score (nSPS) is 16.2. The lowest BCUT2D eigenvalue weighted by atomic mass is 10.0. The molecule has 124 valence electrons. The number of hydrogen-bond donors (Lipinski definition) is 2. The highest BCUT2D eigenvalue weighted by molar-refractivity contribution is 6.12. The van der Waals surface area contributed by atoms with Crippen molar-refractivity contribution < 1.29 is 14.3 Å². The van der Waals surface area contributed by atoms with Gasteiger partial charge in [-0.15, -0.1) is 0 Å². The molecule has 1 aliphatic rings. The number of nitrogens with one attached hydrogen (secondary N) is 1. The van der Waals surface area contributed by atoms with E-state index in [1.807, 2.05) is 30.3 Å². The lowest BCUT2D eigenvalue weighted by molar-refractivity contribution is -0.115. The monoisotopic (exact) mass is 333 g/mol. The summed E-state index contributed by atoms with van der Waals surface area (Å²) in [7, 11) is 0. The Hall–Kier alpha value is -3.25. The highest BCUT2D eigenvalue weighted by atomic mass is 16.3. The van der Waals surface area contributed by atoms with Crippen LogP contribution < -0.4 is 5.32 Å². The van der Waals surface area contributed by atoms with Gasteiger partial charge in [-0.2, -0.15) is 0 Å². The lowest BCUT2D eigenvalue weighted by Gasteiger charge is -2.04. The Kier molecular flexibility index (Phi) is 3.87. The zero-order valence-electron chi connectivity index (χ0n) is 13.2. The fourth-order valence-electron chi connectivity index (χ4n) is 2.78. The molecule has 1 unspecified atom stereocenters. The van der Waals surface area contributed by atoms with Crippen molar-refractivity contribution in [2.45, 2.75) is 12.5 Å². The van der Waals surface area contributed by atoms with Gasteiger partial charge < -0.3 is 14.8 Å². The number of rotatable bonds is 4. The van der Waals surface area contributed by atoms with Crippen LogP contribution in [-0.4, -0.2) is 22.2 Å². The molecule has 1 amide bonds. The Bertz CT molecular complexity index is 948. The lowest BCUT2D eigenvalue weighted by Crippen LogP contribution is -2.12. The molecule has 3 aromatic rings. The highest BCUT2D eigenvalue weighted by Gasteiger charge is 2.30. The van der Waals surface area contributed by atoms with Gasteiger partial charge in [-0.1, -0.05) is 12.1 Å². The number of fused-ring (bicyclic) bond motifs is 1. The van der Waals surface area contributed by atoms with Crippen LogP contribution >= 0.6 is 0 Å². The maximum atomic E-state index is 12.3. The van der Waals surface area contributed by atoms with E-state index in [1.54, 1.807) is 30.8 Å². The summed E-state index contributed by atoms with van der Waals surface area (Å²) in [4.78, 5) is 21.0. The molecule has 0 saturated carbocycles. The molecule has 6 heteroatoms. The Morgan fingerprint density at radius 3 is 3.00 bits per heavy atom. The molecule has 0 aliphatic carbocycles. The van der Waals surface area contributed by atoms with Crippen molar-refractivity contribution in [3.8, 4) is 11.3 Å². The maximum absolute atomic E-state index is 12.3. The number of carbonyl (C=O) groups excluding carboxylic acids is 1. The molecule has 4 rings (SSSR count). The van der Waals surface area contributed by atoms with Crippen molar-refractivity contribution in [2.24, 2.45) is 4.99 Å². The number of anilines is 1. The van der Waals surface area contributed by atoms with Crippen LogP contribution in [0.4, 0.5) is 11.5 Å². The SMILES string of the molecule is O=C1Nc2ncc(-c3ccco3)cc2C1C=Nc1cccc(CO)c1. The first-order chi connectivity index (χ1) is 12.2. The van der Waals surface area contributed by atoms with Gasteiger partial charge in [0.1, 0.15) is 17.5 Å². The third-order valence-corrected chi connectivity index (χ3v) is 4.05. The molecule has 3 heterocycles. The summed E-state index contributed by atoms with van der Waals surface area (Å²) < 4.78 is 5.39. The Labute approximate surface area is 143 Å². The number of furan rings is 1. The van der Waals surface area contributed by atoms with E-state index in [0.29, 0.717) is 17.3 Å². The van der Waals surface area contributed by atoms with Gasteiger partial charge >= 0.3 is 0 Å². The number of hydrogen-bond acceptors (Lipinski definition) is 5. The van der Waals surface area contributed by atoms with Crippen molar-refractivity contribution >= 4 is 23.6 Å². The van der Waals surface area contributed by atoms with E-state index in [4.69, 9.17) is 4.42 Å². The number of pyridine rings is 1. The molecule has 0 bridgehead atoms. The van der Waals surface area contributed by atoms with E-state index in [2.05, 4.69) is 15.3 Å². The zero-order valence-corrected chi connectivity index (χ0v) is 13.2. The van der Waals surface area contributed by atoms with Gasteiger partial charge in [0.05, 0.1) is 18.6 Å². The summed E-state index contributed by atoms with van der Waals surface area (Å²) in [5.41, 5.74) is 3.03. The van der Waals surface area contributed by atoms with Crippen LogP contribution in [0.5, 0.6) is 0 Å². The number of aliphatic imine (C=N–C) groups is 1. The molecule has 2 aromatic heterocycles. The van der Waals surface area contributed by atoms with Crippen molar-refractivity contribution in [2.75, 3.05) is 5.32 Å². The average molecular weight is 333 g/mol. The summed E-state index contributed by atoms with van der Waals surface area (Å²) in [5.74, 6) is 0.554. The predicted molar refractivity (Wildman–Crippen MR) is 93.8 cm³/mol. The Morgan fingerprint density at radius 1 is 1.28 bits per heavy atom. The third-order valence-electron chi connectivity index (χ3n) is 4.05. The molecule has 1 aromatic carbocycles. The van der Waals surface area contributed by atoms with E-state index in [0.717, 1.165) is 16.7 Å². The van der Waals surface area contributed by atoms with Gasteiger partial charge in [0.15, 0.2) is 0 Å². The second kappa shape index (κ2) is 6.33. The van der Waals surface area contributed by atoms with E-state index in [-0.39, 0.29) is 12.5 Å². The smallest absolute Gasteiger partial charge is 0.238 e. The first-order valence-corrected chi connectivity index (χ1v) is 7.83. The fourth-order valence-corrected chi connectivity index (χ4v) is 2.78. The first kappa shape index (κ1) is 15.3. The van der Waals surface area contributed by atoms with Crippen molar-refractivity contribution in [1.82, 2.24) is 4.98 Å². The number of aromatic nitrogens is 1. The topological polar surface area (TPSA) is 87.7 Å². The molecule has 1 aliphatic heterocycles. The van der Waals surface area contributed by atoms with Crippen LogP contribution in [0.3, 0.4) is 0 Å². The quantitative estimate of drug-likeness (QED) is 0.717.